The SMILES string of the molecule is CCC(NCc1cc(Br)cs1)c1cccc(Br)c1. The lowest BCUT2D eigenvalue weighted by Crippen LogP contribution is -2.19. The summed E-state index contributed by atoms with van der Waals surface area (Å²) in [6, 6.07) is 11.1. The first-order valence-corrected chi connectivity index (χ1v) is 8.37. The molecule has 96 valence electrons. The quantitative estimate of drug-likeness (QED) is 0.711. The molecule has 0 spiro atoms. The van der Waals surface area contributed by atoms with E-state index in [4.69, 9.17) is 0 Å². The normalized spacial score (nSPS) is 12.6. The molecule has 0 aliphatic rings. The Labute approximate surface area is 129 Å². The van der Waals surface area contributed by atoms with Gasteiger partial charge in [0.15, 0.2) is 0 Å². The van der Waals surface area contributed by atoms with Gasteiger partial charge in [-0.25, -0.2) is 0 Å². The van der Waals surface area contributed by atoms with E-state index in [1.54, 1.807) is 11.3 Å². The fourth-order valence-electron chi connectivity index (χ4n) is 1.89. The van der Waals surface area contributed by atoms with E-state index in [0.29, 0.717) is 6.04 Å². The summed E-state index contributed by atoms with van der Waals surface area (Å²) >= 11 is 8.80. The highest BCUT2D eigenvalue weighted by Gasteiger charge is 2.09. The lowest BCUT2D eigenvalue weighted by molar-refractivity contribution is 0.522. The van der Waals surface area contributed by atoms with Crippen molar-refractivity contribution in [3.05, 3.63) is 55.1 Å². The molecule has 0 aliphatic heterocycles. The van der Waals surface area contributed by atoms with Crippen molar-refractivity contribution in [2.45, 2.75) is 25.9 Å². The first-order chi connectivity index (χ1) is 8.69. The topological polar surface area (TPSA) is 12.0 Å². The van der Waals surface area contributed by atoms with Gasteiger partial charge in [0, 0.05) is 31.8 Å². The molecule has 1 aromatic carbocycles. The van der Waals surface area contributed by atoms with Crippen molar-refractivity contribution in [2.75, 3.05) is 0 Å². The van der Waals surface area contributed by atoms with E-state index in [1.807, 2.05) is 0 Å². The van der Waals surface area contributed by atoms with E-state index in [9.17, 15) is 0 Å². The molecule has 2 rings (SSSR count). The van der Waals surface area contributed by atoms with Crippen molar-refractivity contribution < 1.29 is 0 Å². The summed E-state index contributed by atoms with van der Waals surface area (Å²) in [7, 11) is 0. The maximum Gasteiger partial charge on any atom is 0.0321 e. The highest BCUT2D eigenvalue weighted by molar-refractivity contribution is 9.10. The molecule has 0 radical (unpaired) electrons. The predicted octanol–water partition coefficient (Wildman–Crippen LogP) is 5.51. The summed E-state index contributed by atoms with van der Waals surface area (Å²) in [6.07, 6.45) is 1.09. The summed E-state index contributed by atoms with van der Waals surface area (Å²) in [5.74, 6) is 0. The second-order valence-electron chi connectivity index (χ2n) is 4.13. The number of rotatable bonds is 5. The Kier molecular flexibility index (Phi) is 5.42. The van der Waals surface area contributed by atoms with Crippen LogP contribution in [0.25, 0.3) is 0 Å². The lowest BCUT2D eigenvalue weighted by Gasteiger charge is -2.17. The van der Waals surface area contributed by atoms with Crippen LogP contribution in [0.2, 0.25) is 0 Å². The Balaban J connectivity index is 2.01. The first-order valence-electron chi connectivity index (χ1n) is 5.90. The Bertz CT molecular complexity index is 510. The van der Waals surface area contributed by atoms with Crippen molar-refractivity contribution >= 4 is 43.2 Å². The molecular formula is C14H15Br2NS. The number of benzene rings is 1. The van der Waals surface area contributed by atoms with E-state index in [2.05, 4.69) is 79.8 Å². The van der Waals surface area contributed by atoms with Gasteiger partial charge in [0.1, 0.15) is 0 Å². The van der Waals surface area contributed by atoms with E-state index in [-0.39, 0.29) is 0 Å². The van der Waals surface area contributed by atoms with Crippen molar-refractivity contribution in [1.29, 1.82) is 0 Å². The Morgan fingerprint density at radius 3 is 2.67 bits per heavy atom. The van der Waals surface area contributed by atoms with E-state index >= 15 is 0 Å². The molecule has 0 aliphatic carbocycles. The minimum Gasteiger partial charge on any atom is -0.305 e. The monoisotopic (exact) mass is 387 g/mol. The molecular weight excluding hydrogens is 374 g/mol. The Morgan fingerprint density at radius 1 is 1.22 bits per heavy atom. The minimum atomic E-state index is 0.406. The molecule has 0 saturated carbocycles. The highest BCUT2D eigenvalue weighted by atomic mass is 79.9. The molecule has 18 heavy (non-hydrogen) atoms. The molecule has 1 atom stereocenters. The molecule has 1 unspecified atom stereocenters. The van der Waals surface area contributed by atoms with Crippen LogP contribution in [-0.2, 0) is 6.54 Å². The lowest BCUT2D eigenvalue weighted by atomic mass is 10.0. The Morgan fingerprint density at radius 2 is 2.06 bits per heavy atom. The van der Waals surface area contributed by atoms with E-state index in [0.717, 1.165) is 17.4 Å². The number of hydrogen-bond donors (Lipinski definition) is 1. The molecule has 4 heteroatoms. The zero-order valence-corrected chi connectivity index (χ0v) is 14.1. The highest BCUT2D eigenvalue weighted by Crippen LogP contribution is 2.23. The fraction of sp³-hybridized carbons (Fsp3) is 0.286. The van der Waals surface area contributed by atoms with E-state index in [1.165, 1.54) is 14.9 Å². The van der Waals surface area contributed by atoms with Crippen molar-refractivity contribution in [3.8, 4) is 0 Å². The molecule has 2 aromatic rings. The first kappa shape index (κ1) is 14.3. The fourth-order valence-corrected chi connectivity index (χ4v) is 3.71. The van der Waals surface area contributed by atoms with Crippen LogP contribution in [0.4, 0.5) is 0 Å². The average Bonchev–Trinajstić information content (AvgIpc) is 2.76. The van der Waals surface area contributed by atoms with Gasteiger partial charge in [-0.05, 0) is 46.1 Å². The molecule has 1 aromatic heterocycles. The summed E-state index contributed by atoms with van der Waals surface area (Å²) in [5, 5.41) is 5.73. The van der Waals surface area contributed by atoms with Crippen LogP contribution in [0.1, 0.15) is 29.8 Å². The number of thiophene rings is 1. The van der Waals surface area contributed by atoms with E-state index < -0.39 is 0 Å². The standard InChI is InChI=1S/C14H15Br2NS/c1-2-14(10-4-3-5-11(15)6-10)17-8-13-7-12(16)9-18-13/h3-7,9,14,17H,2,8H2,1H3. The summed E-state index contributed by atoms with van der Waals surface area (Å²) in [4.78, 5) is 1.36. The Hall–Kier alpha value is -0.160. The molecule has 0 fully saturated rings. The van der Waals surface area contributed by atoms with Gasteiger partial charge in [-0.15, -0.1) is 11.3 Å². The number of nitrogens with one attached hydrogen (secondary N) is 1. The van der Waals surface area contributed by atoms with Gasteiger partial charge < -0.3 is 5.32 Å². The van der Waals surface area contributed by atoms with Crippen LogP contribution < -0.4 is 5.32 Å². The molecule has 1 nitrogen and oxygen atoms in total. The second-order valence-corrected chi connectivity index (χ2v) is 6.96. The third-order valence-corrected chi connectivity index (χ3v) is 4.99. The summed E-state index contributed by atoms with van der Waals surface area (Å²) < 4.78 is 2.30. The van der Waals surface area contributed by atoms with Crippen molar-refractivity contribution in [2.24, 2.45) is 0 Å². The smallest absolute Gasteiger partial charge is 0.0321 e. The predicted molar refractivity (Wildman–Crippen MR) is 86.0 cm³/mol. The molecule has 1 heterocycles. The molecule has 1 N–H and O–H groups in total. The zero-order valence-electron chi connectivity index (χ0n) is 10.1. The zero-order chi connectivity index (χ0) is 13.0. The van der Waals surface area contributed by atoms with Gasteiger partial charge in [0.2, 0.25) is 0 Å². The van der Waals surface area contributed by atoms with Crippen LogP contribution in [0.15, 0.2) is 44.7 Å². The third kappa shape index (κ3) is 3.92. The van der Waals surface area contributed by atoms with Crippen LogP contribution in [-0.4, -0.2) is 0 Å². The van der Waals surface area contributed by atoms with Gasteiger partial charge in [0.05, 0.1) is 0 Å². The maximum absolute atomic E-state index is 3.61. The van der Waals surface area contributed by atoms with Crippen LogP contribution in [0.3, 0.4) is 0 Å². The van der Waals surface area contributed by atoms with Gasteiger partial charge in [0.25, 0.3) is 0 Å². The summed E-state index contributed by atoms with van der Waals surface area (Å²) in [6.45, 7) is 3.13. The number of halogens is 2. The van der Waals surface area contributed by atoms with Gasteiger partial charge in [-0.1, -0.05) is 35.0 Å². The summed E-state index contributed by atoms with van der Waals surface area (Å²) in [5.41, 5.74) is 1.34. The minimum absolute atomic E-state index is 0.406. The molecule has 0 amide bonds. The van der Waals surface area contributed by atoms with Crippen molar-refractivity contribution in [1.82, 2.24) is 5.32 Å². The van der Waals surface area contributed by atoms with Crippen LogP contribution in [0, 0.1) is 0 Å². The molecule has 0 saturated heterocycles. The third-order valence-electron chi connectivity index (χ3n) is 2.80. The van der Waals surface area contributed by atoms with Crippen LogP contribution >= 0.6 is 43.2 Å². The molecule has 0 bridgehead atoms. The van der Waals surface area contributed by atoms with Crippen molar-refractivity contribution in [3.63, 3.8) is 0 Å². The van der Waals surface area contributed by atoms with Gasteiger partial charge >= 0.3 is 0 Å². The number of hydrogen-bond acceptors (Lipinski definition) is 2. The van der Waals surface area contributed by atoms with Gasteiger partial charge in [-0.2, -0.15) is 0 Å². The maximum atomic E-state index is 3.61. The largest absolute Gasteiger partial charge is 0.305 e. The second kappa shape index (κ2) is 6.85. The van der Waals surface area contributed by atoms with Gasteiger partial charge in [-0.3, -0.25) is 0 Å². The van der Waals surface area contributed by atoms with Crippen LogP contribution in [0.5, 0.6) is 0 Å². The average molecular weight is 389 g/mol.